The van der Waals surface area contributed by atoms with Gasteiger partial charge in [0.2, 0.25) is 0 Å². The molecule has 1 fully saturated rings. The normalized spacial score (nSPS) is 20.8. The maximum absolute atomic E-state index is 12.8. The van der Waals surface area contributed by atoms with E-state index in [2.05, 4.69) is 62.5 Å². The molecule has 0 aromatic heterocycles. The van der Waals surface area contributed by atoms with E-state index in [4.69, 9.17) is 18.9 Å². The van der Waals surface area contributed by atoms with E-state index >= 15 is 0 Å². The molecule has 0 aromatic carbocycles. The van der Waals surface area contributed by atoms with Crippen LogP contribution in [-0.4, -0.2) is 96.0 Å². The van der Waals surface area contributed by atoms with E-state index in [1.54, 1.807) is 0 Å². The molecule has 0 bridgehead atoms. The van der Waals surface area contributed by atoms with E-state index in [0.29, 0.717) is 12.8 Å². The molecule has 58 heavy (non-hydrogen) atoms. The van der Waals surface area contributed by atoms with Crippen LogP contribution in [0.1, 0.15) is 168 Å². The van der Waals surface area contributed by atoms with Gasteiger partial charge in [0.1, 0.15) is 36.8 Å². The third kappa shape index (κ3) is 29.8. The zero-order valence-corrected chi connectivity index (χ0v) is 36.5. The monoisotopic (exact) mass is 843 g/mol. The first-order chi connectivity index (χ1) is 28.0. The predicted molar refractivity (Wildman–Crippen MR) is 229 cm³/mol. The summed E-state index contributed by atoms with van der Waals surface area (Å²) < 4.78 is 54.0. The second-order valence-corrected chi connectivity index (χ2v) is 16.8. The van der Waals surface area contributed by atoms with Gasteiger partial charge in [-0.1, -0.05) is 152 Å². The van der Waals surface area contributed by atoms with Crippen molar-refractivity contribution in [3.8, 4) is 0 Å². The molecule has 0 spiro atoms. The Kier molecular flexibility index (Phi) is 32.7. The molecular weight excluding hydrogens is 765 g/mol. The SMILES string of the molecule is CC/C=C/C/C=C/C/C=C/C/C=C/CCCCC(=O)O[C@H](COC(=O)CCCCCCCCCCCCCCCCC)CO[C@H]1O[C@H](CS(=O)(=O)O)[C@@H](O)C(O)C1O. The van der Waals surface area contributed by atoms with Crippen molar-refractivity contribution >= 4 is 22.1 Å². The molecule has 4 N–H and O–H groups in total. The van der Waals surface area contributed by atoms with Crippen molar-refractivity contribution in [3.05, 3.63) is 48.6 Å². The summed E-state index contributed by atoms with van der Waals surface area (Å²) in [6, 6.07) is 0. The Morgan fingerprint density at radius 3 is 1.62 bits per heavy atom. The van der Waals surface area contributed by atoms with Crippen LogP contribution in [0.25, 0.3) is 0 Å². The molecule has 1 aliphatic heterocycles. The number of ether oxygens (including phenoxy) is 4. The molecule has 1 rings (SSSR count). The zero-order chi connectivity index (χ0) is 42.7. The summed E-state index contributed by atoms with van der Waals surface area (Å²) in [4.78, 5) is 25.4. The fourth-order valence-corrected chi connectivity index (χ4v) is 7.18. The average Bonchev–Trinajstić information content (AvgIpc) is 3.18. The first kappa shape index (κ1) is 53.6. The number of hydrogen-bond acceptors (Lipinski definition) is 11. The zero-order valence-electron chi connectivity index (χ0n) is 35.6. The maximum atomic E-state index is 12.8. The third-order valence-corrected chi connectivity index (χ3v) is 10.7. The quantitative estimate of drug-likeness (QED) is 0.0204. The molecule has 13 heteroatoms. The average molecular weight is 843 g/mol. The number of aliphatic hydroxyl groups is 3. The molecule has 2 unspecified atom stereocenters. The van der Waals surface area contributed by atoms with E-state index in [1.807, 2.05) is 0 Å². The van der Waals surface area contributed by atoms with Gasteiger partial charge in [0.05, 0.1) is 6.61 Å². The number of carbonyl (C=O) groups is 2. The Labute approximate surface area is 350 Å². The lowest BCUT2D eigenvalue weighted by Gasteiger charge is -2.40. The van der Waals surface area contributed by atoms with Crippen LogP contribution < -0.4 is 0 Å². The van der Waals surface area contributed by atoms with Crippen LogP contribution in [0.2, 0.25) is 0 Å². The van der Waals surface area contributed by atoms with E-state index in [0.717, 1.165) is 57.8 Å². The van der Waals surface area contributed by atoms with Gasteiger partial charge in [-0.2, -0.15) is 8.42 Å². The Morgan fingerprint density at radius 1 is 0.603 bits per heavy atom. The van der Waals surface area contributed by atoms with E-state index in [9.17, 15) is 37.9 Å². The molecule has 0 aromatic rings. The standard InChI is InChI=1S/C45H78O12S/c1-3-5-7-9-11-13-15-17-19-21-23-25-27-29-31-33-40(46)54-35-38(36-55-45-44(50)43(49)42(48)39(57-45)37-58(51,52)53)56-41(47)34-32-30-28-26-24-22-20-18-16-14-12-10-8-6-4-2/h6,8,12,14,18,20,24,26,38-39,42-45,48-50H,3-5,7,9-11,13,15-17,19,21-23,25,27-37H2,1-2H3,(H,51,52,53)/b8-6+,14-12+,20-18+,26-24+/t38-,39-,42-,43?,44?,45+/m1/s1. The van der Waals surface area contributed by atoms with Crippen LogP contribution >= 0.6 is 0 Å². The molecule has 0 saturated carbocycles. The van der Waals surface area contributed by atoms with Crippen molar-refractivity contribution in [2.75, 3.05) is 19.0 Å². The van der Waals surface area contributed by atoms with Gasteiger partial charge >= 0.3 is 11.9 Å². The molecule has 1 saturated heterocycles. The minimum absolute atomic E-state index is 0.112. The van der Waals surface area contributed by atoms with Gasteiger partial charge < -0.3 is 34.3 Å². The summed E-state index contributed by atoms with van der Waals surface area (Å²) in [5.41, 5.74) is 0. The summed E-state index contributed by atoms with van der Waals surface area (Å²) in [5.74, 6) is -2.04. The second kappa shape index (κ2) is 35.4. The van der Waals surface area contributed by atoms with Gasteiger partial charge in [0, 0.05) is 12.8 Å². The Hall–Kier alpha value is -2.39. The Morgan fingerprint density at radius 2 is 1.09 bits per heavy atom. The van der Waals surface area contributed by atoms with Crippen molar-refractivity contribution in [3.63, 3.8) is 0 Å². The number of allylic oxidation sites excluding steroid dienone is 8. The van der Waals surface area contributed by atoms with Gasteiger partial charge in [0.25, 0.3) is 10.1 Å². The van der Waals surface area contributed by atoms with Crippen LogP contribution in [0, 0.1) is 0 Å². The summed E-state index contributed by atoms with van der Waals surface area (Å²) >= 11 is 0. The highest BCUT2D eigenvalue weighted by Gasteiger charge is 2.46. The van der Waals surface area contributed by atoms with Crippen molar-refractivity contribution in [1.29, 1.82) is 0 Å². The highest BCUT2D eigenvalue weighted by molar-refractivity contribution is 7.85. The van der Waals surface area contributed by atoms with E-state index in [1.165, 1.54) is 70.6 Å². The van der Waals surface area contributed by atoms with Crippen LogP contribution in [0.3, 0.4) is 0 Å². The van der Waals surface area contributed by atoms with Crippen molar-refractivity contribution in [1.82, 2.24) is 0 Å². The molecule has 0 aliphatic carbocycles. The highest BCUT2D eigenvalue weighted by atomic mass is 32.2. The second-order valence-electron chi connectivity index (χ2n) is 15.3. The van der Waals surface area contributed by atoms with Gasteiger partial charge in [-0.3, -0.25) is 14.1 Å². The molecule has 12 nitrogen and oxygen atoms in total. The summed E-state index contributed by atoms with van der Waals surface area (Å²) in [6.45, 7) is 3.61. The Balaban J connectivity index is 2.49. The molecular formula is C45H78O12S. The number of hydrogen-bond donors (Lipinski definition) is 4. The first-order valence-electron chi connectivity index (χ1n) is 22.2. The lowest BCUT2D eigenvalue weighted by atomic mass is 10.00. The van der Waals surface area contributed by atoms with Crippen LogP contribution in [0.4, 0.5) is 0 Å². The third-order valence-electron chi connectivity index (χ3n) is 9.92. The number of rotatable bonds is 36. The number of esters is 2. The molecule has 0 radical (unpaired) electrons. The fraction of sp³-hybridized carbons (Fsp3) is 0.778. The first-order valence-corrected chi connectivity index (χ1v) is 23.8. The van der Waals surface area contributed by atoms with Gasteiger partial charge in [-0.25, -0.2) is 0 Å². The van der Waals surface area contributed by atoms with Crippen molar-refractivity contribution in [2.45, 2.75) is 205 Å². The fourth-order valence-electron chi connectivity index (χ4n) is 6.49. The van der Waals surface area contributed by atoms with Gasteiger partial charge in [0.15, 0.2) is 12.4 Å². The smallest absolute Gasteiger partial charge is 0.306 e. The topological polar surface area (TPSA) is 186 Å². The summed E-state index contributed by atoms with van der Waals surface area (Å²) in [7, 11) is -4.61. The van der Waals surface area contributed by atoms with Crippen LogP contribution in [-0.2, 0) is 38.7 Å². The minimum Gasteiger partial charge on any atom is -0.462 e. The molecule has 1 heterocycles. The van der Waals surface area contributed by atoms with E-state index in [-0.39, 0.29) is 19.4 Å². The van der Waals surface area contributed by atoms with Crippen LogP contribution in [0.5, 0.6) is 0 Å². The van der Waals surface area contributed by atoms with E-state index < -0.39 is 71.2 Å². The lowest BCUT2D eigenvalue weighted by molar-refractivity contribution is -0.297. The molecule has 6 atom stereocenters. The predicted octanol–water partition coefficient (Wildman–Crippen LogP) is 8.78. The van der Waals surface area contributed by atoms with Gasteiger partial charge in [-0.15, -0.1) is 0 Å². The molecule has 1 aliphatic rings. The Bertz CT molecular complexity index is 1260. The minimum atomic E-state index is -4.61. The lowest BCUT2D eigenvalue weighted by Crippen LogP contribution is -2.60. The molecule has 336 valence electrons. The largest absolute Gasteiger partial charge is 0.462 e. The number of carbonyl (C=O) groups excluding carboxylic acids is 2. The molecule has 0 amide bonds. The summed E-state index contributed by atoms with van der Waals surface area (Å²) in [5, 5.41) is 30.8. The van der Waals surface area contributed by atoms with Crippen molar-refractivity contribution < 1.29 is 56.8 Å². The van der Waals surface area contributed by atoms with Crippen LogP contribution in [0.15, 0.2) is 48.6 Å². The highest BCUT2D eigenvalue weighted by Crippen LogP contribution is 2.24. The van der Waals surface area contributed by atoms with Crippen molar-refractivity contribution in [2.24, 2.45) is 0 Å². The number of unbranched alkanes of at least 4 members (excludes halogenated alkanes) is 16. The summed E-state index contributed by atoms with van der Waals surface area (Å²) in [6.07, 6.45) is 31.6. The van der Waals surface area contributed by atoms with Gasteiger partial charge in [-0.05, 0) is 51.4 Å². The number of aliphatic hydroxyl groups excluding tert-OH is 3. The maximum Gasteiger partial charge on any atom is 0.306 e.